The zero-order valence-electron chi connectivity index (χ0n) is 12.5. The molecule has 1 aromatic heterocycles. The Bertz CT molecular complexity index is 775. The summed E-state index contributed by atoms with van der Waals surface area (Å²) in [4.78, 5) is 13.9. The molecule has 5 N–H and O–H groups in total. The number of ether oxygens (including phenoxy) is 1. The molecule has 128 valence electrons. The molecule has 1 amide bonds. The van der Waals surface area contributed by atoms with Crippen LogP contribution in [0.2, 0.25) is 0 Å². The smallest absolute Gasteiger partial charge is 0.394 e. The van der Waals surface area contributed by atoms with Gasteiger partial charge in [0, 0.05) is 36.6 Å². The number of nitrogens with one attached hydrogen (secondary N) is 2. The highest BCUT2D eigenvalue weighted by Gasteiger charge is 2.09. The van der Waals surface area contributed by atoms with Crippen molar-refractivity contribution in [3.8, 4) is 11.5 Å². The van der Waals surface area contributed by atoms with E-state index in [-0.39, 0.29) is 11.7 Å². The number of hydrogen-bond acceptors (Lipinski definition) is 5. The lowest BCUT2D eigenvalue weighted by molar-refractivity contribution is -0.118. The highest BCUT2D eigenvalue weighted by molar-refractivity contribution is 7.79. The minimum absolute atomic E-state index is 0.0370. The van der Waals surface area contributed by atoms with Gasteiger partial charge in [0.2, 0.25) is 5.91 Å². The van der Waals surface area contributed by atoms with Crippen molar-refractivity contribution < 1.29 is 32.2 Å². The van der Waals surface area contributed by atoms with Gasteiger partial charge in [0.1, 0.15) is 0 Å². The van der Waals surface area contributed by atoms with Gasteiger partial charge in [0.25, 0.3) is 0 Å². The third-order valence-corrected chi connectivity index (χ3v) is 2.84. The molecule has 2 rings (SSSR count). The molecule has 23 heavy (non-hydrogen) atoms. The zero-order chi connectivity index (χ0) is 17.6. The average Bonchev–Trinajstić information content (AvgIpc) is 2.77. The summed E-state index contributed by atoms with van der Waals surface area (Å²) in [5, 5.41) is 13.4. The van der Waals surface area contributed by atoms with Crippen molar-refractivity contribution in [3.63, 3.8) is 0 Å². The van der Waals surface area contributed by atoms with Crippen molar-refractivity contribution in [1.29, 1.82) is 0 Å². The van der Waals surface area contributed by atoms with Gasteiger partial charge in [-0.15, -0.1) is 0 Å². The lowest BCUT2D eigenvalue weighted by Crippen LogP contribution is -2.22. The van der Waals surface area contributed by atoms with Crippen molar-refractivity contribution in [2.45, 2.75) is 13.3 Å². The number of phenolic OH excluding ortho intramolecular Hbond substituents is 1. The number of hydrogen-bond donors (Lipinski definition) is 5. The van der Waals surface area contributed by atoms with Crippen LogP contribution in [0.25, 0.3) is 10.9 Å². The second-order valence-electron chi connectivity index (χ2n) is 4.56. The van der Waals surface area contributed by atoms with E-state index in [0.717, 1.165) is 22.9 Å². The third-order valence-electron chi connectivity index (χ3n) is 2.84. The second kappa shape index (κ2) is 7.81. The molecule has 0 bridgehead atoms. The van der Waals surface area contributed by atoms with Crippen LogP contribution in [-0.4, -0.2) is 47.2 Å². The number of amides is 1. The molecule has 9 nitrogen and oxygen atoms in total. The molecule has 0 unspecified atom stereocenters. The number of rotatable bonds is 4. The molecule has 1 heterocycles. The van der Waals surface area contributed by atoms with Crippen molar-refractivity contribution in [2.75, 3.05) is 13.7 Å². The fourth-order valence-corrected chi connectivity index (χ4v) is 1.94. The molecule has 0 saturated carbocycles. The number of methoxy groups -OCH3 is 1. The van der Waals surface area contributed by atoms with Crippen molar-refractivity contribution in [1.82, 2.24) is 10.3 Å². The molecule has 0 radical (unpaired) electrons. The van der Waals surface area contributed by atoms with Crippen LogP contribution in [0.5, 0.6) is 11.5 Å². The Labute approximate surface area is 132 Å². The maximum Gasteiger partial charge on any atom is 0.394 e. The van der Waals surface area contributed by atoms with E-state index in [1.165, 1.54) is 14.0 Å². The van der Waals surface area contributed by atoms with Gasteiger partial charge in [0.05, 0.1) is 7.11 Å². The SMILES string of the molecule is COc1cc2c(CCNC(C)=O)c[nH]c2cc1O.O=S(=O)(O)O. The van der Waals surface area contributed by atoms with E-state index in [9.17, 15) is 9.90 Å². The quantitative estimate of drug-likeness (QED) is 0.516. The summed E-state index contributed by atoms with van der Waals surface area (Å²) in [5.41, 5.74) is 1.93. The molecule has 0 atom stereocenters. The first-order chi connectivity index (χ1) is 10.6. The predicted molar refractivity (Wildman–Crippen MR) is 83.1 cm³/mol. The van der Waals surface area contributed by atoms with Gasteiger partial charge in [-0.25, -0.2) is 0 Å². The number of benzene rings is 1. The van der Waals surface area contributed by atoms with Crippen LogP contribution in [0, 0.1) is 0 Å². The standard InChI is InChI=1S/C13H16N2O3.H2O4S/c1-8(16)14-4-3-9-7-15-11-6-12(17)13(18-2)5-10(9)11;1-5(2,3)4/h5-7,15,17H,3-4H2,1-2H3,(H,14,16);(H2,1,2,3,4). The van der Waals surface area contributed by atoms with Gasteiger partial charge in [-0.2, -0.15) is 8.42 Å². The molecule has 2 aromatic rings. The molecule has 0 saturated heterocycles. The van der Waals surface area contributed by atoms with E-state index in [0.29, 0.717) is 12.3 Å². The van der Waals surface area contributed by atoms with E-state index in [1.807, 2.05) is 6.20 Å². The predicted octanol–water partition coefficient (Wildman–Crippen LogP) is 0.908. The third kappa shape index (κ3) is 6.55. The number of aromatic amines is 1. The van der Waals surface area contributed by atoms with Gasteiger partial charge in [-0.05, 0) is 18.1 Å². The van der Waals surface area contributed by atoms with Crippen molar-refractivity contribution in [2.24, 2.45) is 0 Å². The summed E-state index contributed by atoms with van der Waals surface area (Å²) in [6, 6.07) is 3.43. The molecule has 0 fully saturated rings. The number of fused-ring (bicyclic) bond motifs is 1. The number of H-pyrrole nitrogens is 1. The number of carbonyl (C=O) groups is 1. The van der Waals surface area contributed by atoms with Crippen molar-refractivity contribution in [3.05, 3.63) is 23.9 Å². The maximum absolute atomic E-state index is 10.8. The molecule has 0 spiro atoms. The first kappa shape index (κ1) is 18.7. The molecule has 0 aliphatic carbocycles. The molecule has 0 aliphatic rings. The first-order valence-corrected chi connectivity index (χ1v) is 7.82. The number of aromatic nitrogens is 1. The van der Waals surface area contributed by atoms with Gasteiger partial charge in [-0.3, -0.25) is 13.9 Å². The average molecular weight is 346 g/mol. The normalized spacial score (nSPS) is 10.8. The summed E-state index contributed by atoms with van der Waals surface area (Å²) >= 11 is 0. The van der Waals surface area contributed by atoms with Gasteiger partial charge in [-0.1, -0.05) is 0 Å². The van der Waals surface area contributed by atoms with Gasteiger partial charge >= 0.3 is 10.4 Å². The Morgan fingerprint density at radius 1 is 1.35 bits per heavy atom. The Hall–Kier alpha value is -2.30. The van der Waals surface area contributed by atoms with Crippen LogP contribution in [-0.2, 0) is 21.6 Å². The molecule has 10 heteroatoms. The highest BCUT2D eigenvalue weighted by Crippen LogP contribution is 2.32. The Balaban J connectivity index is 0.000000463. The van der Waals surface area contributed by atoms with Crippen LogP contribution in [0.1, 0.15) is 12.5 Å². The van der Waals surface area contributed by atoms with E-state index in [1.54, 1.807) is 12.1 Å². The largest absolute Gasteiger partial charge is 0.504 e. The van der Waals surface area contributed by atoms with Crippen LogP contribution in [0.4, 0.5) is 0 Å². The van der Waals surface area contributed by atoms with Crippen LogP contribution >= 0.6 is 0 Å². The van der Waals surface area contributed by atoms with Crippen LogP contribution in [0.15, 0.2) is 18.3 Å². The van der Waals surface area contributed by atoms with Gasteiger partial charge < -0.3 is 20.1 Å². The highest BCUT2D eigenvalue weighted by atomic mass is 32.3. The van der Waals surface area contributed by atoms with Crippen LogP contribution < -0.4 is 10.1 Å². The topological polar surface area (TPSA) is 149 Å². The molecular formula is C13H18N2O7S. The van der Waals surface area contributed by atoms with Gasteiger partial charge in [0.15, 0.2) is 11.5 Å². The lowest BCUT2D eigenvalue weighted by Gasteiger charge is -2.05. The summed E-state index contributed by atoms with van der Waals surface area (Å²) in [6.07, 6.45) is 2.61. The Morgan fingerprint density at radius 3 is 2.48 bits per heavy atom. The number of carbonyl (C=O) groups excluding carboxylic acids is 1. The summed E-state index contributed by atoms with van der Waals surface area (Å²) in [6.45, 7) is 2.09. The van der Waals surface area contributed by atoms with Crippen molar-refractivity contribution >= 4 is 27.2 Å². The summed E-state index contributed by atoms with van der Waals surface area (Å²) < 4.78 is 36.7. The van der Waals surface area contributed by atoms with E-state index < -0.39 is 10.4 Å². The second-order valence-corrected chi connectivity index (χ2v) is 5.46. The summed E-state index contributed by atoms with van der Waals surface area (Å²) in [7, 11) is -3.15. The Morgan fingerprint density at radius 2 is 1.96 bits per heavy atom. The number of aromatic hydroxyl groups is 1. The Kier molecular flexibility index (Phi) is 6.37. The molecular weight excluding hydrogens is 328 g/mol. The zero-order valence-corrected chi connectivity index (χ0v) is 13.3. The number of phenols is 1. The molecule has 1 aromatic carbocycles. The fraction of sp³-hybridized carbons (Fsp3) is 0.308. The monoisotopic (exact) mass is 346 g/mol. The van der Waals surface area contributed by atoms with E-state index >= 15 is 0 Å². The van der Waals surface area contributed by atoms with E-state index in [4.69, 9.17) is 22.3 Å². The fourth-order valence-electron chi connectivity index (χ4n) is 1.94. The van der Waals surface area contributed by atoms with Crippen LogP contribution in [0.3, 0.4) is 0 Å². The minimum atomic E-state index is -4.67. The maximum atomic E-state index is 10.8. The summed E-state index contributed by atoms with van der Waals surface area (Å²) in [5.74, 6) is 0.521. The van der Waals surface area contributed by atoms with E-state index in [2.05, 4.69) is 10.3 Å². The minimum Gasteiger partial charge on any atom is -0.504 e. The lowest BCUT2D eigenvalue weighted by atomic mass is 10.1. The first-order valence-electron chi connectivity index (χ1n) is 6.43. The molecule has 0 aliphatic heterocycles.